The van der Waals surface area contributed by atoms with Gasteiger partial charge in [0.2, 0.25) is 0 Å². The van der Waals surface area contributed by atoms with Gasteiger partial charge in [0, 0.05) is 39.4 Å². The molecule has 0 radical (unpaired) electrons. The third kappa shape index (κ3) is 5.39. The molecular formula is C49H44N2Si. The Balaban J connectivity index is 1.11. The molecule has 2 nitrogen and oxygen atoms in total. The summed E-state index contributed by atoms with van der Waals surface area (Å²) in [6.07, 6.45) is 4.82. The molecule has 7 aromatic carbocycles. The van der Waals surface area contributed by atoms with Gasteiger partial charge in [0.15, 0.2) is 0 Å². The molecule has 0 atom stereocenters. The largest absolute Gasteiger partial charge is 0.311 e. The highest BCUT2D eigenvalue weighted by Crippen LogP contribution is 2.49. The van der Waals surface area contributed by atoms with Crippen LogP contribution < -0.4 is 20.2 Å². The molecule has 1 heterocycles. The lowest BCUT2D eigenvalue weighted by Gasteiger charge is -2.33. The molecule has 0 unspecified atom stereocenters. The van der Waals surface area contributed by atoms with E-state index in [-0.39, 0.29) is 5.41 Å². The van der Waals surface area contributed by atoms with Gasteiger partial charge in [0.1, 0.15) is 8.07 Å². The minimum absolute atomic E-state index is 0.00151. The van der Waals surface area contributed by atoms with Crippen LogP contribution in [-0.2, 0) is 5.41 Å². The number of fused-ring (bicyclic) bond motifs is 3. The van der Waals surface area contributed by atoms with Crippen LogP contribution in [-0.4, -0.2) is 8.07 Å². The molecule has 52 heavy (non-hydrogen) atoms. The predicted molar refractivity (Wildman–Crippen MR) is 224 cm³/mol. The number of nitrogens with zero attached hydrogens (tertiary/aromatic N) is 2. The van der Waals surface area contributed by atoms with Gasteiger partial charge < -0.3 is 9.80 Å². The normalized spacial score (nSPS) is 15.1. The maximum atomic E-state index is 2.50. The zero-order chi connectivity index (χ0) is 35.1. The van der Waals surface area contributed by atoms with Crippen molar-refractivity contribution in [2.45, 2.75) is 44.2 Å². The van der Waals surface area contributed by atoms with Crippen LogP contribution in [0.2, 0.25) is 13.1 Å². The van der Waals surface area contributed by atoms with E-state index in [1.165, 1.54) is 68.2 Å². The molecule has 0 bridgehead atoms. The summed E-state index contributed by atoms with van der Waals surface area (Å²) in [6.45, 7) is 5.00. The monoisotopic (exact) mass is 688 g/mol. The molecular weight excluding hydrogens is 645 g/mol. The number of rotatable bonds is 8. The van der Waals surface area contributed by atoms with E-state index in [0.29, 0.717) is 0 Å². The first-order chi connectivity index (χ1) is 25.5. The van der Waals surface area contributed by atoms with Gasteiger partial charge in [-0.1, -0.05) is 141 Å². The molecule has 1 fully saturated rings. The van der Waals surface area contributed by atoms with Gasteiger partial charge >= 0.3 is 0 Å². The van der Waals surface area contributed by atoms with Crippen LogP contribution in [0.5, 0.6) is 0 Å². The average molecular weight is 689 g/mol. The molecule has 0 amide bonds. The second kappa shape index (κ2) is 13.2. The van der Waals surface area contributed by atoms with E-state index in [0.717, 1.165) is 24.2 Å². The van der Waals surface area contributed by atoms with Crippen molar-refractivity contribution in [3.8, 4) is 11.1 Å². The smallest absolute Gasteiger partial charge is 0.113 e. The van der Waals surface area contributed by atoms with E-state index in [9.17, 15) is 0 Å². The third-order valence-corrected chi connectivity index (χ3v) is 15.2. The number of benzene rings is 7. The summed E-state index contributed by atoms with van der Waals surface area (Å²) in [5.41, 5.74) is 12.7. The minimum Gasteiger partial charge on any atom is -0.311 e. The Hall–Kier alpha value is -5.64. The Morgan fingerprint density at radius 2 is 0.827 bits per heavy atom. The molecule has 0 saturated heterocycles. The van der Waals surface area contributed by atoms with E-state index < -0.39 is 8.07 Å². The molecule has 1 aliphatic heterocycles. The Bertz CT molecular complexity index is 2270. The first-order valence-corrected chi connectivity index (χ1v) is 21.7. The second-order valence-corrected chi connectivity index (χ2v) is 19.3. The van der Waals surface area contributed by atoms with Crippen molar-refractivity contribution < 1.29 is 0 Å². The highest BCUT2D eigenvalue weighted by atomic mass is 28.3. The summed E-state index contributed by atoms with van der Waals surface area (Å²) in [6, 6.07) is 67.3. The fourth-order valence-electron chi connectivity index (χ4n) is 9.11. The van der Waals surface area contributed by atoms with Gasteiger partial charge in [-0.2, -0.15) is 0 Å². The van der Waals surface area contributed by atoms with E-state index in [4.69, 9.17) is 0 Å². The maximum Gasteiger partial charge on any atom is 0.113 e. The van der Waals surface area contributed by atoms with E-state index in [1.54, 1.807) is 0 Å². The molecule has 1 saturated carbocycles. The number of anilines is 6. The maximum absolute atomic E-state index is 2.50. The van der Waals surface area contributed by atoms with Gasteiger partial charge in [-0.3, -0.25) is 0 Å². The molecule has 7 aromatic rings. The zero-order valence-electron chi connectivity index (χ0n) is 30.0. The van der Waals surface area contributed by atoms with Crippen LogP contribution in [0.1, 0.15) is 36.8 Å². The minimum atomic E-state index is -1.81. The van der Waals surface area contributed by atoms with Crippen LogP contribution in [0.15, 0.2) is 182 Å². The van der Waals surface area contributed by atoms with Gasteiger partial charge in [-0.15, -0.1) is 0 Å². The SMILES string of the molecule is C[Si]1(C)c2ccccc2-c2c(N(c3ccccc3)c3ccc(C4(c5ccc(N(c6ccccc6)c6ccccc6)cc5)CCCC4)cc3)cccc21. The Morgan fingerprint density at radius 1 is 0.404 bits per heavy atom. The highest BCUT2D eigenvalue weighted by molar-refractivity contribution is 7.04. The van der Waals surface area contributed by atoms with Crippen molar-refractivity contribution >= 4 is 52.6 Å². The van der Waals surface area contributed by atoms with E-state index >= 15 is 0 Å². The van der Waals surface area contributed by atoms with Crippen LogP contribution in [0.25, 0.3) is 11.1 Å². The van der Waals surface area contributed by atoms with Crippen LogP contribution in [0, 0.1) is 0 Å². The van der Waals surface area contributed by atoms with E-state index in [2.05, 4.69) is 205 Å². The standard InChI is InChI=1S/C49H44N2Si/c1-52(2)46-25-13-12-23-44(46)48-45(24-16-26-47(48)52)51(41-21-10-5-11-22-41)43-33-29-38(30-34-43)49(35-14-15-36-49)37-27-31-42(32-28-37)50(39-17-6-3-7-18-39)40-19-8-4-9-20-40/h3-13,16-34H,14-15,35-36H2,1-2H3. The van der Waals surface area contributed by atoms with Gasteiger partial charge in [-0.25, -0.2) is 0 Å². The molecule has 3 heteroatoms. The van der Waals surface area contributed by atoms with Gasteiger partial charge in [0.05, 0.1) is 5.69 Å². The zero-order valence-corrected chi connectivity index (χ0v) is 31.0. The van der Waals surface area contributed by atoms with Crippen molar-refractivity contribution in [3.63, 3.8) is 0 Å². The van der Waals surface area contributed by atoms with Crippen LogP contribution in [0.3, 0.4) is 0 Å². The summed E-state index contributed by atoms with van der Waals surface area (Å²) in [4.78, 5) is 4.83. The number of hydrogen-bond acceptors (Lipinski definition) is 2. The Morgan fingerprint density at radius 3 is 1.37 bits per heavy atom. The molecule has 0 N–H and O–H groups in total. The molecule has 1 aliphatic carbocycles. The molecule has 0 aromatic heterocycles. The van der Waals surface area contributed by atoms with Crippen LogP contribution in [0.4, 0.5) is 34.1 Å². The van der Waals surface area contributed by atoms with E-state index in [1.807, 2.05) is 0 Å². The predicted octanol–water partition coefficient (Wildman–Crippen LogP) is 12.3. The van der Waals surface area contributed by atoms with Crippen molar-refractivity contribution in [2.75, 3.05) is 9.80 Å². The lowest BCUT2D eigenvalue weighted by molar-refractivity contribution is 0.535. The summed E-state index contributed by atoms with van der Waals surface area (Å²) >= 11 is 0. The summed E-state index contributed by atoms with van der Waals surface area (Å²) in [7, 11) is -1.81. The quantitative estimate of drug-likeness (QED) is 0.147. The van der Waals surface area contributed by atoms with Crippen LogP contribution >= 0.6 is 0 Å². The highest BCUT2D eigenvalue weighted by Gasteiger charge is 2.40. The Labute approximate surface area is 309 Å². The lowest BCUT2D eigenvalue weighted by Crippen LogP contribution is -2.49. The molecule has 2 aliphatic rings. The number of para-hydroxylation sites is 3. The first-order valence-electron chi connectivity index (χ1n) is 18.7. The number of hydrogen-bond donors (Lipinski definition) is 0. The van der Waals surface area contributed by atoms with Gasteiger partial charge in [-0.05, 0) is 107 Å². The van der Waals surface area contributed by atoms with Crippen molar-refractivity contribution in [3.05, 3.63) is 193 Å². The third-order valence-electron chi connectivity index (χ3n) is 11.7. The fourth-order valence-corrected chi connectivity index (χ4v) is 12.2. The topological polar surface area (TPSA) is 6.48 Å². The molecule has 254 valence electrons. The van der Waals surface area contributed by atoms with Gasteiger partial charge in [0.25, 0.3) is 0 Å². The Kier molecular flexibility index (Phi) is 8.17. The van der Waals surface area contributed by atoms with Crippen molar-refractivity contribution in [2.24, 2.45) is 0 Å². The second-order valence-electron chi connectivity index (χ2n) is 14.9. The first kappa shape index (κ1) is 32.3. The van der Waals surface area contributed by atoms with Crippen molar-refractivity contribution in [1.29, 1.82) is 0 Å². The lowest BCUT2D eigenvalue weighted by atomic mass is 9.73. The fraction of sp³-hybridized carbons (Fsp3) is 0.143. The van der Waals surface area contributed by atoms with Crippen molar-refractivity contribution in [1.82, 2.24) is 0 Å². The molecule has 0 spiro atoms. The average Bonchev–Trinajstić information content (AvgIpc) is 3.79. The summed E-state index contributed by atoms with van der Waals surface area (Å²) in [5.74, 6) is 0. The summed E-state index contributed by atoms with van der Waals surface area (Å²) < 4.78 is 0. The summed E-state index contributed by atoms with van der Waals surface area (Å²) in [5, 5.41) is 3.06. The molecule has 9 rings (SSSR count).